The molecule has 58 valence electrons. The summed E-state index contributed by atoms with van der Waals surface area (Å²) >= 11 is 0. The van der Waals surface area contributed by atoms with Crippen LogP contribution in [0.5, 0.6) is 0 Å². The van der Waals surface area contributed by atoms with Gasteiger partial charge < -0.3 is 5.11 Å². The van der Waals surface area contributed by atoms with Crippen molar-refractivity contribution in [2.24, 2.45) is 0 Å². The average molecular weight is 142 g/mol. The monoisotopic (exact) mass is 142 g/mol. The predicted octanol–water partition coefficient (Wildman–Crippen LogP) is 1.29. The van der Waals surface area contributed by atoms with Crippen LogP contribution in [0.2, 0.25) is 0 Å². The topological polar surface area (TPSA) is 37.3 Å². The highest BCUT2D eigenvalue weighted by molar-refractivity contribution is 5.87. The number of carbonyl (C=O) groups is 1. The van der Waals surface area contributed by atoms with Crippen molar-refractivity contribution in [3.8, 4) is 0 Å². The zero-order chi connectivity index (χ0) is 8.36. The SMILES string of the molecule is C=C(C)CC(=O)C(C)(C)O. The number of ketones is 1. The van der Waals surface area contributed by atoms with Crippen LogP contribution in [0.4, 0.5) is 0 Å². The fourth-order valence-corrected chi connectivity index (χ4v) is 0.490. The minimum absolute atomic E-state index is 0.181. The van der Waals surface area contributed by atoms with E-state index in [1.807, 2.05) is 0 Å². The summed E-state index contributed by atoms with van der Waals surface area (Å²) in [6.07, 6.45) is 0.267. The molecule has 10 heavy (non-hydrogen) atoms. The van der Waals surface area contributed by atoms with Crippen LogP contribution in [0.1, 0.15) is 27.2 Å². The third kappa shape index (κ3) is 3.41. The second-order valence-electron chi connectivity index (χ2n) is 3.12. The van der Waals surface area contributed by atoms with Crippen LogP contribution in [0.3, 0.4) is 0 Å². The van der Waals surface area contributed by atoms with Gasteiger partial charge in [0.15, 0.2) is 5.78 Å². The lowest BCUT2D eigenvalue weighted by atomic mass is 9.99. The van der Waals surface area contributed by atoms with Crippen LogP contribution >= 0.6 is 0 Å². The maximum atomic E-state index is 11.0. The van der Waals surface area contributed by atoms with E-state index in [9.17, 15) is 4.79 Å². The van der Waals surface area contributed by atoms with Gasteiger partial charge in [0.25, 0.3) is 0 Å². The highest BCUT2D eigenvalue weighted by Crippen LogP contribution is 2.09. The Bertz CT molecular complexity index is 151. The van der Waals surface area contributed by atoms with Gasteiger partial charge in [-0.3, -0.25) is 4.79 Å². The Morgan fingerprint density at radius 2 is 2.00 bits per heavy atom. The molecule has 0 bridgehead atoms. The largest absolute Gasteiger partial charge is 0.383 e. The van der Waals surface area contributed by atoms with Gasteiger partial charge in [0.2, 0.25) is 0 Å². The van der Waals surface area contributed by atoms with Gasteiger partial charge in [0.05, 0.1) is 0 Å². The van der Waals surface area contributed by atoms with Crippen molar-refractivity contribution in [2.75, 3.05) is 0 Å². The smallest absolute Gasteiger partial charge is 0.167 e. The van der Waals surface area contributed by atoms with Gasteiger partial charge in [0, 0.05) is 6.42 Å². The minimum atomic E-state index is -1.21. The van der Waals surface area contributed by atoms with Crippen molar-refractivity contribution < 1.29 is 9.90 Å². The second-order valence-corrected chi connectivity index (χ2v) is 3.12. The Labute approximate surface area is 61.6 Å². The van der Waals surface area contributed by atoms with Gasteiger partial charge >= 0.3 is 0 Å². The molecule has 1 N–H and O–H groups in total. The molecule has 0 aliphatic carbocycles. The van der Waals surface area contributed by atoms with Crippen molar-refractivity contribution in [1.29, 1.82) is 0 Å². The molecular weight excluding hydrogens is 128 g/mol. The first-order valence-electron chi connectivity index (χ1n) is 3.24. The number of rotatable bonds is 3. The van der Waals surface area contributed by atoms with Crippen LogP contribution in [0.15, 0.2) is 12.2 Å². The first kappa shape index (κ1) is 9.37. The molecule has 0 saturated heterocycles. The van der Waals surface area contributed by atoms with Crippen molar-refractivity contribution in [3.63, 3.8) is 0 Å². The Morgan fingerprint density at radius 3 is 2.10 bits per heavy atom. The fraction of sp³-hybridized carbons (Fsp3) is 0.625. The zero-order valence-corrected chi connectivity index (χ0v) is 6.77. The van der Waals surface area contributed by atoms with E-state index in [2.05, 4.69) is 6.58 Å². The van der Waals surface area contributed by atoms with Crippen LogP contribution in [0.25, 0.3) is 0 Å². The van der Waals surface area contributed by atoms with E-state index in [1.165, 1.54) is 13.8 Å². The highest BCUT2D eigenvalue weighted by atomic mass is 16.3. The number of carbonyl (C=O) groups excluding carboxylic acids is 1. The van der Waals surface area contributed by atoms with Gasteiger partial charge in [0.1, 0.15) is 5.60 Å². The molecule has 0 atom stereocenters. The third-order valence-electron chi connectivity index (χ3n) is 1.14. The standard InChI is InChI=1S/C8H14O2/c1-6(2)5-7(9)8(3,4)10/h10H,1,5H2,2-4H3. The van der Waals surface area contributed by atoms with Crippen molar-refractivity contribution in [3.05, 3.63) is 12.2 Å². The van der Waals surface area contributed by atoms with Crippen molar-refractivity contribution in [1.82, 2.24) is 0 Å². The van der Waals surface area contributed by atoms with Crippen LogP contribution in [0, 0.1) is 0 Å². The first-order valence-corrected chi connectivity index (χ1v) is 3.24. The number of hydrogen-bond acceptors (Lipinski definition) is 2. The van der Waals surface area contributed by atoms with E-state index in [0.717, 1.165) is 5.57 Å². The molecule has 0 rings (SSSR count). The number of Topliss-reactive ketones (excluding diaryl/α,β-unsaturated/α-hetero) is 1. The van der Waals surface area contributed by atoms with Gasteiger partial charge in [-0.15, -0.1) is 0 Å². The molecule has 2 nitrogen and oxygen atoms in total. The first-order chi connectivity index (χ1) is 4.34. The van der Waals surface area contributed by atoms with Crippen LogP contribution in [-0.2, 0) is 4.79 Å². The molecule has 0 heterocycles. The molecule has 0 unspecified atom stereocenters. The quantitative estimate of drug-likeness (QED) is 0.603. The molecule has 2 heteroatoms. The minimum Gasteiger partial charge on any atom is -0.383 e. The summed E-state index contributed by atoms with van der Waals surface area (Å²) in [6, 6.07) is 0. The molecule has 0 aliphatic heterocycles. The molecule has 0 spiro atoms. The highest BCUT2D eigenvalue weighted by Gasteiger charge is 2.22. The van der Waals surface area contributed by atoms with E-state index in [4.69, 9.17) is 5.11 Å². The molecule has 0 aromatic heterocycles. The van der Waals surface area contributed by atoms with E-state index in [1.54, 1.807) is 6.92 Å². The number of hydrogen-bond donors (Lipinski definition) is 1. The van der Waals surface area contributed by atoms with Gasteiger partial charge in [-0.2, -0.15) is 0 Å². The predicted molar refractivity (Wildman–Crippen MR) is 40.7 cm³/mol. The second kappa shape index (κ2) is 2.97. The van der Waals surface area contributed by atoms with Crippen molar-refractivity contribution in [2.45, 2.75) is 32.8 Å². The van der Waals surface area contributed by atoms with Crippen molar-refractivity contribution >= 4 is 5.78 Å². The Kier molecular flexibility index (Phi) is 2.78. The van der Waals surface area contributed by atoms with E-state index in [-0.39, 0.29) is 12.2 Å². The summed E-state index contributed by atoms with van der Waals surface area (Å²) in [5.41, 5.74) is -0.425. The van der Waals surface area contributed by atoms with E-state index in [0.29, 0.717) is 0 Å². The number of aliphatic hydroxyl groups is 1. The normalized spacial score (nSPS) is 11.2. The van der Waals surface area contributed by atoms with Gasteiger partial charge in [-0.25, -0.2) is 0 Å². The van der Waals surface area contributed by atoms with E-state index < -0.39 is 5.60 Å². The zero-order valence-electron chi connectivity index (χ0n) is 6.77. The maximum absolute atomic E-state index is 11.0. The fourth-order valence-electron chi connectivity index (χ4n) is 0.490. The molecule has 0 aliphatic rings. The Balaban J connectivity index is 3.99. The lowest BCUT2D eigenvalue weighted by Gasteiger charge is -2.14. The number of allylic oxidation sites excluding steroid dienone is 1. The molecule has 0 aromatic carbocycles. The molecule has 0 fully saturated rings. The summed E-state index contributed by atoms with van der Waals surface area (Å²) in [6.45, 7) is 8.31. The Hall–Kier alpha value is -0.630. The summed E-state index contributed by atoms with van der Waals surface area (Å²) in [4.78, 5) is 11.0. The third-order valence-corrected chi connectivity index (χ3v) is 1.14. The summed E-state index contributed by atoms with van der Waals surface area (Å²) in [5, 5.41) is 9.14. The molecule has 0 saturated carbocycles. The van der Waals surface area contributed by atoms with Crippen LogP contribution < -0.4 is 0 Å². The lowest BCUT2D eigenvalue weighted by molar-refractivity contribution is -0.133. The average Bonchev–Trinajstić information content (AvgIpc) is 1.60. The van der Waals surface area contributed by atoms with Gasteiger partial charge in [-0.05, 0) is 20.8 Å². The lowest BCUT2D eigenvalue weighted by Crippen LogP contribution is -2.30. The summed E-state index contributed by atoms with van der Waals surface area (Å²) in [5.74, 6) is -0.181. The molecular formula is C8H14O2. The van der Waals surface area contributed by atoms with E-state index >= 15 is 0 Å². The van der Waals surface area contributed by atoms with Crippen LogP contribution in [-0.4, -0.2) is 16.5 Å². The molecule has 0 amide bonds. The summed E-state index contributed by atoms with van der Waals surface area (Å²) in [7, 11) is 0. The molecule has 0 radical (unpaired) electrons. The molecule has 0 aromatic rings. The van der Waals surface area contributed by atoms with Gasteiger partial charge in [-0.1, -0.05) is 12.2 Å². The Morgan fingerprint density at radius 1 is 1.60 bits per heavy atom. The maximum Gasteiger partial charge on any atom is 0.167 e. The summed E-state index contributed by atoms with van der Waals surface area (Å²) < 4.78 is 0.